The molecule has 0 saturated heterocycles. The number of thiazole rings is 1. The first-order valence-electron chi connectivity index (χ1n) is 6.03. The molecule has 3 N–H and O–H groups in total. The molecule has 0 aliphatic heterocycles. The molecule has 1 aromatic heterocycles. The first-order chi connectivity index (χ1) is 9.06. The fourth-order valence-corrected chi connectivity index (χ4v) is 2.78. The average molecular weight is 313 g/mol. The fourth-order valence-electron chi connectivity index (χ4n) is 1.97. The van der Waals surface area contributed by atoms with Gasteiger partial charge in [0, 0.05) is 6.04 Å². The van der Waals surface area contributed by atoms with Gasteiger partial charge >= 0.3 is 5.97 Å². The summed E-state index contributed by atoms with van der Waals surface area (Å²) in [5, 5.41) is 8.68. The van der Waals surface area contributed by atoms with Crippen LogP contribution in [0.1, 0.15) is 17.7 Å². The molecule has 0 aliphatic rings. The van der Waals surface area contributed by atoms with Crippen molar-refractivity contribution < 1.29 is 9.90 Å². The average Bonchev–Trinajstić information content (AvgIpc) is 2.75. The minimum absolute atomic E-state index is 0. The Morgan fingerprint density at radius 3 is 2.55 bits per heavy atom. The summed E-state index contributed by atoms with van der Waals surface area (Å²) in [5.41, 5.74) is 10.8. The van der Waals surface area contributed by atoms with E-state index >= 15 is 0 Å². The molecule has 4 nitrogen and oxygen atoms in total. The van der Waals surface area contributed by atoms with Crippen LogP contribution in [0.5, 0.6) is 0 Å². The van der Waals surface area contributed by atoms with E-state index in [1.54, 1.807) is 11.3 Å². The predicted octanol–water partition coefficient (Wildman–Crippen LogP) is 2.88. The van der Waals surface area contributed by atoms with Gasteiger partial charge in [0.05, 0.1) is 22.5 Å². The van der Waals surface area contributed by atoms with Crippen LogP contribution < -0.4 is 5.73 Å². The second-order valence-electron chi connectivity index (χ2n) is 4.53. The van der Waals surface area contributed by atoms with E-state index in [9.17, 15) is 4.79 Å². The van der Waals surface area contributed by atoms with Crippen molar-refractivity contribution in [3.05, 3.63) is 41.0 Å². The van der Waals surface area contributed by atoms with Gasteiger partial charge in [0.1, 0.15) is 0 Å². The van der Waals surface area contributed by atoms with E-state index in [-0.39, 0.29) is 24.9 Å². The molecule has 2 rings (SSSR count). The molecular weight excluding hydrogens is 296 g/mol. The van der Waals surface area contributed by atoms with Gasteiger partial charge in [0.2, 0.25) is 0 Å². The minimum atomic E-state index is -0.857. The van der Waals surface area contributed by atoms with Crippen LogP contribution in [0.25, 0.3) is 10.4 Å². The lowest BCUT2D eigenvalue weighted by atomic mass is 10.0. The summed E-state index contributed by atoms with van der Waals surface area (Å²) in [5.74, 6) is -0.857. The Morgan fingerprint density at radius 2 is 2.05 bits per heavy atom. The molecule has 0 spiro atoms. The number of hydrogen-bond acceptors (Lipinski definition) is 4. The van der Waals surface area contributed by atoms with E-state index in [2.05, 4.69) is 4.98 Å². The van der Waals surface area contributed by atoms with E-state index < -0.39 is 5.97 Å². The van der Waals surface area contributed by atoms with Gasteiger partial charge in [0.15, 0.2) is 0 Å². The second-order valence-corrected chi connectivity index (χ2v) is 5.38. The molecule has 1 heterocycles. The smallest absolute Gasteiger partial charge is 0.304 e. The van der Waals surface area contributed by atoms with E-state index in [1.165, 1.54) is 4.88 Å². The van der Waals surface area contributed by atoms with Crippen LogP contribution in [0.4, 0.5) is 0 Å². The Hall–Kier alpha value is -1.43. The molecule has 0 unspecified atom stereocenters. The number of rotatable bonds is 5. The molecule has 0 fully saturated rings. The molecular formula is C14H17ClN2O2S. The van der Waals surface area contributed by atoms with Crippen molar-refractivity contribution in [1.29, 1.82) is 0 Å². The number of aromatic nitrogens is 1. The molecule has 0 amide bonds. The van der Waals surface area contributed by atoms with Crippen LogP contribution in [0, 0.1) is 6.92 Å². The van der Waals surface area contributed by atoms with Crippen molar-refractivity contribution in [3.8, 4) is 10.4 Å². The van der Waals surface area contributed by atoms with Gasteiger partial charge in [-0.25, -0.2) is 4.98 Å². The van der Waals surface area contributed by atoms with Gasteiger partial charge in [0.25, 0.3) is 0 Å². The quantitative estimate of drug-likeness (QED) is 0.890. The molecule has 108 valence electrons. The van der Waals surface area contributed by atoms with Crippen LogP contribution in [-0.4, -0.2) is 22.1 Å². The summed E-state index contributed by atoms with van der Waals surface area (Å²) in [4.78, 5) is 16.0. The first kappa shape index (κ1) is 16.6. The summed E-state index contributed by atoms with van der Waals surface area (Å²) in [6, 6.07) is 7.72. The van der Waals surface area contributed by atoms with Crippen molar-refractivity contribution in [1.82, 2.24) is 4.98 Å². The number of halogens is 1. The third-order valence-corrected chi connectivity index (χ3v) is 3.87. The van der Waals surface area contributed by atoms with Gasteiger partial charge in [-0.15, -0.1) is 23.7 Å². The number of benzene rings is 1. The summed E-state index contributed by atoms with van der Waals surface area (Å²) in [6.45, 7) is 1.99. The van der Waals surface area contributed by atoms with Gasteiger partial charge in [-0.2, -0.15) is 0 Å². The summed E-state index contributed by atoms with van der Waals surface area (Å²) in [7, 11) is 0. The zero-order chi connectivity index (χ0) is 13.8. The normalized spacial score (nSPS) is 11.7. The third kappa shape index (κ3) is 4.30. The molecule has 2 aromatic rings. The van der Waals surface area contributed by atoms with Crippen LogP contribution in [0.15, 0.2) is 29.8 Å². The Bertz CT molecular complexity index is 569. The lowest BCUT2D eigenvalue weighted by molar-refractivity contribution is -0.137. The summed E-state index contributed by atoms with van der Waals surface area (Å²) < 4.78 is 0. The first-order valence-corrected chi connectivity index (χ1v) is 6.91. The van der Waals surface area contributed by atoms with E-state index in [0.29, 0.717) is 6.42 Å². The van der Waals surface area contributed by atoms with E-state index in [1.807, 2.05) is 36.7 Å². The van der Waals surface area contributed by atoms with Crippen molar-refractivity contribution >= 4 is 29.7 Å². The number of aryl methyl sites for hydroxylation is 1. The van der Waals surface area contributed by atoms with Crippen LogP contribution in [-0.2, 0) is 11.2 Å². The van der Waals surface area contributed by atoms with E-state index in [0.717, 1.165) is 16.8 Å². The maximum absolute atomic E-state index is 10.6. The topological polar surface area (TPSA) is 76.2 Å². The largest absolute Gasteiger partial charge is 0.481 e. The van der Waals surface area contributed by atoms with Crippen LogP contribution in [0.2, 0.25) is 0 Å². The Labute approximate surface area is 128 Å². The summed E-state index contributed by atoms with van der Waals surface area (Å²) >= 11 is 1.62. The van der Waals surface area contributed by atoms with Crippen molar-refractivity contribution in [2.75, 3.05) is 0 Å². The number of carboxylic acids is 1. The highest BCUT2D eigenvalue weighted by Crippen LogP contribution is 2.27. The number of nitrogens with zero attached hydrogens (tertiary/aromatic N) is 1. The van der Waals surface area contributed by atoms with Gasteiger partial charge in [-0.3, -0.25) is 4.79 Å². The lowest BCUT2D eigenvalue weighted by Crippen LogP contribution is -2.26. The standard InChI is InChI=1S/C14H16N2O2S.ClH/c1-9-14(19-8-16-9)11-4-2-10(3-5-11)6-12(15)7-13(17)18;/h2-5,8,12H,6-7,15H2,1H3,(H,17,18);1H/t12-;/m0./s1. The predicted molar refractivity (Wildman–Crippen MR) is 83.5 cm³/mol. The Morgan fingerprint density at radius 1 is 1.40 bits per heavy atom. The number of carboxylic acid groups (broad SMARTS) is 1. The fraction of sp³-hybridized carbons (Fsp3) is 0.286. The SMILES string of the molecule is Cc1ncsc1-c1ccc(C[C@H](N)CC(=O)O)cc1.Cl. The molecule has 1 aromatic carbocycles. The van der Waals surface area contributed by atoms with Crippen LogP contribution >= 0.6 is 23.7 Å². The Kier molecular flexibility index (Phi) is 6.13. The lowest BCUT2D eigenvalue weighted by Gasteiger charge is -2.09. The third-order valence-electron chi connectivity index (χ3n) is 2.90. The molecule has 0 radical (unpaired) electrons. The van der Waals surface area contributed by atoms with Gasteiger partial charge < -0.3 is 10.8 Å². The zero-order valence-corrected chi connectivity index (χ0v) is 12.7. The second kappa shape index (κ2) is 7.38. The highest BCUT2D eigenvalue weighted by molar-refractivity contribution is 7.13. The molecule has 0 saturated carbocycles. The maximum atomic E-state index is 10.6. The highest BCUT2D eigenvalue weighted by atomic mass is 35.5. The number of hydrogen-bond donors (Lipinski definition) is 2. The van der Waals surface area contributed by atoms with Crippen molar-refractivity contribution in [3.63, 3.8) is 0 Å². The molecule has 0 aliphatic carbocycles. The molecule has 0 bridgehead atoms. The van der Waals surface area contributed by atoms with Crippen LogP contribution in [0.3, 0.4) is 0 Å². The van der Waals surface area contributed by atoms with Crippen molar-refractivity contribution in [2.24, 2.45) is 5.73 Å². The number of aliphatic carboxylic acids is 1. The minimum Gasteiger partial charge on any atom is -0.481 e. The van der Waals surface area contributed by atoms with E-state index in [4.69, 9.17) is 10.8 Å². The molecule has 20 heavy (non-hydrogen) atoms. The highest BCUT2D eigenvalue weighted by Gasteiger charge is 2.09. The van der Waals surface area contributed by atoms with Gasteiger partial charge in [-0.05, 0) is 24.5 Å². The monoisotopic (exact) mass is 312 g/mol. The zero-order valence-electron chi connectivity index (χ0n) is 11.1. The summed E-state index contributed by atoms with van der Waals surface area (Å²) in [6.07, 6.45) is 0.573. The Balaban J connectivity index is 0.00000200. The molecule has 1 atom stereocenters. The van der Waals surface area contributed by atoms with Gasteiger partial charge in [-0.1, -0.05) is 24.3 Å². The molecule has 6 heteroatoms. The number of carbonyl (C=O) groups is 1. The van der Waals surface area contributed by atoms with Crippen molar-refractivity contribution in [2.45, 2.75) is 25.8 Å². The maximum Gasteiger partial charge on any atom is 0.304 e. The number of nitrogens with two attached hydrogens (primary N) is 1.